The standard InChI is InChI=1S/C19H18N6O5/c1-12-4-2-3-5-15(12)22-19(28)23-17(26)9-20-10-24-11-21-16-7-6-13(25(29)30)8-14(16)18(24)27/h2-8,11,20H,9-10H2,1H3,(H2,22,23,26,28). The van der Waals surface area contributed by atoms with E-state index in [-0.39, 0.29) is 24.3 Å². The van der Waals surface area contributed by atoms with E-state index in [4.69, 9.17) is 0 Å². The maximum absolute atomic E-state index is 12.5. The zero-order valence-electron chi connectivity index (χ0n) is 15.9. The number of aromatic nitrogens is 2. The predicted octanol–water partition coefficient (Wildman–Crippen LogP) is 1.51. The van der Waals surface area contributed by atoms with Gasteiger partial charge >= 0.3 is 6.03 Å². The van der Waals surface area contributed by atoms with Crippen molar-refractivity contribution < 1.29 is 14.5 Å². The maximum atomic E-state index is 12.5. The number of hydrogen-bond acceptors (Lipinski definition) is 7. The highest BCUT2D eigenvalue weighted by molar-refractivity contribution is 6.02. The van der Waals surface area contributed by atoms with E-state index in [0.29, 0.717) is 11.2 Å². The van der Waals surface area contributed by atoms with E-state index in [1.54, 1.807) is 12.1 Å². The molecular formula is C19H18N6O5. The van der Waals surface area contributed by atoms with E-state index >= 15 is 0 Å². The zero-order valence-corrected chi connectivity index (χ0v) is 15.9. The molecule has 0 unspecified atom stereocenters. The van der Waals surface area contributed by atoms with Gasteiger partial charge in [0.05, 0.1) is 35.4 Å². The average Bonchev–Trinajstić information content (AvgIpc) is 2.71. The van der Waals surface area contributed by atoms with E-state index in [1.165, 1.54) is 23.0 Å². The van der Waals surface area contributed by atoms with Crippen molar-refractivity contribution in [3.8, 4) is 0 Å². The number of fused-ring (bicyclic) bond motifs is 1. The van der Waals surface area contributed by atoms with Crippen molar-refractivity contribution in [1.82, 2.24) is 20.2 Å². The van der Waals surface area contributed by atoms with Crippen LogP contribution in [0.4, 0.5) is 16.2 Å². The monoisotopic (exact) mass is 410 g/mol. The molecule has 0 saturated heterocycles. The summed E-state index contributed by atoms with van der Waals surface area (Å²) in [5, 5.41) is 18.5. The number of non-ortho nitro benzene ring substituents is 1. The van der Waals surface area contributed by atoms with E-state index in [1.807, 2.05) is 19.1 Å². The van der Waals surface area contributed by atoms with Gasteiger partial charge in [0.25, 0.3) is 11.2 Å². The summed E-state index contributed by atoms with van der Waals surface area (Å²) in [7, 11) is 0. The number of aryl methyl sites for hydroxylation is 1. The van der Waals surface area contributed by atoms with Crippen molar-refractivity contribution in [2.75, 3.05) is 11.9 Å². The molecule has 1 heterocycles. The summed E-state index contributed by atoms with van der Waals surface area (Å²) in [5.74, 6) is -0.599. The fourth-order valence-corrected chi connectivity index (χ4v) is 2.70. The van der Waals surface area contributed by atoms with Crippen LogP contribution in [-0.2, 0) is 11.5 Å². The molecule has 11 heteroatoms. The summed E-state index contributed by atoms with van der Waals surface area (Å²) < 4.78 is 1.17. The lowest BCUT2D eigenvalue weighted by Crippen LogP contribution is -2.41. The lowest BCUT2D eigenvalue weighted by Gasteiger charge is -2.10. The predicted molar refractivity (Wildman–Crippen MR) is 109 cm³/mol. The minimum Gasteiger partial charge on any atom is -0.307 e. The van der Waals surface area contributed by atoms with E-state index in [9.17, 15) is 24.5 Å². The normalized spacial score (nSPS) is 10.6. The van der Waals surface area contributed by atoms with Crippen LogP contribution < -0.4 is 21.5 Å². The molecular weight excluding hydrogens is 392 g/mol. The van der Waals surface area contributed by atoms with Gasteiger partial charge in [0.2, 0.25) is 5.91 Å². The SMILES string of the molecule is Cc1ccccc1NC(=O)NC(=O)CNCn1cnc2ccc([N+](=O)[O-])cc2c1=O. The van der Waals surface area contributed by atoms with E-state index < -0.39 is 22.4 Å². The zero-order chi connectivity index (χ0) is 21.7. The number of hydrogen-bond donors (Lipinski definition) is 3. The highest BCUT2D eigenvalue weighted by Gasteiger charge is 2.12. The Morgan fingerprint density at radius 3 is 2.70 bits per heavy atom. The van der Waals surface area contributed by atoms with Crippen LogP contribution in [-0.4, -0.2) is 33.0 Å². The van der Waals surface area contributed by atoms with Gasteiger partial charge < -0.3 is 5.32 Å². The molecule has 3 aromatic rings. The molecule has 0 fully saturated rings. The summed E-state index contributed by atoms with van der Waals surface area (Å²) in [6, 6.07) is 10.3. The minimum atomic E-state index is -0.673. The van der Waals surface area contributed by atoms with Gasteiger partial charge in [0, 0.05) is 17.8 Å². The van der Waals surface area contributed by atoms with Crippen LogP contribution in [0.15, 0.2) is 53.6 Å². The molecule has 3 rings (SSSR count). The quantitative estimate of drug-likeness (QED) is 0.412. The van der Waals surface area contributed by atoms with Gasteiger partial charge in [0.15, 0.2) is 0 Å². The van der Waals surface area contributed by atoms with Crippen molar-refractivity contribution in [3.63, 3.8) is 0 Å². The number of nitro benzene ring substituents is 1. The number of para-hydroxylation sites is 1. The Bertz CT molecular complexity index is 1190. The molecule has 3 N–H and O–H groups in total. The molecule has 11 nitrogen and oxygen atoms in total. The molecule has 0 aliphatic carbocycles. The van der Waals surface area contributed by atoms with E-state index in [2.05, 4.69) is 20.9 Å². The molecule has 0 saturated carbocycles. The van der Waals surface area contributed by atoms with Gasteiger partial charge in [-0.25, -0.2) is 9.78 Å². The summed E-state index contributed by atoms with van der Waals surface area (Å²) in [6.45, 7) is 1.51. The number of nitro groups is 1. The second kappa shape index (κ2) is 8.92. The first kappa shape index (κ1) is 20.6. The summed E-state index contributed by atoms with van der Waals surface area (Å²) >= 11 is 0. The Kier molecular flexibility index (Phi) is 6.13. The Labute approximate surface area is 169 Å². The summed E-state index contributed by atoms with van der Waals surface area (Å²) in [4.78, 5) is 50.7. The summed E-state index contributed by atoms with van der Waals surface area (Å²) in [5.41, 5.74) is 1.05. The van der Waals surface area contributed by atoms with Crippen LogP contribution in [0, 0.1) is 17.0 Å². The lowest BCUT2D eigenvalue weighted by molar-refractivity contribution is -0.384. The first-order valence-electron chi connectivity index (χ1n) is 8.86. The third kappa shape index (κ3) is 4.83. The molecule has 0 bridgehead atoms. The number of rotatable bonds is 6. The van der Waals surface area contributed by atoms with Crippen LogP contribution in [0.1, 0.15) is 5.56 Å². The number of nitrogens with one attached hydrogen (secondary N) is 3. The van der Waals surface area contributed by atoms with Crippen LogP contribution in [0.5, 0.6) is 0 Å². The lowest BCUT2D eigenvalue weighted by atomic mass is 10.2. The number of nitrogens with zero attached hydrogens (tertiary/aromatic N) is 3. The number of imide groups is 1. The largest absolute Gasteiger partial charge is 0.325 e. The Balaban J connectivity index is 1.57. The van der Waals surface area contributed by atoms with Gasteiger partial charge in [-0.3, -0.25) is 34.9 Å². The van der Waals surface area contributed by atoms with Gasteiger partial charge in [-0.05, 0) is 24.6 Å². The van der Waals surface area contributed by atoms with Crippen molar-refractivity contribution in [3.05, 3.63) is 74.8 Å². The number of urea groups is 1. The fourth-order valence-electron chi connectivity index (χ4n) is 2.70. The van der Waals surface area contributed by atoms with Crippen LogP contribution in [0.25, 0.3) is 10.9 Å². The average molecular weight is 410 g/mol. The summed E-state index contributed by atoms with van der Waals surface area (Å²) in [6.07, 6.45) is 1.27. The molecule has 0 radical (unpaired) electrons. The second-order valence-corrected chi connectivity index (χ2v) is 6.38. The van der Waals surface area contributed by atoms with Crippen molar-refractivity contribution in [2.45, 2.75) is 13.6 Å². The Hall–Kier alpha value is -4.12. The number of amides is 3. The molecule has 30 heavy (non-hydrogen) atoms. The molecule has 2 aromatic carbocycles. The topological polar surface area (TPSA) is 148 Å². The van der Waals surface area contributed by atoms with Crippen LogP contribution in [0.2, 0.25) is 0 Å². The Morgan fingerprint density at radius 1 is 1.20 bits per heavy atom. The van der Waals surface area contributed by atoms with Gasteiger partial charge in [-0.1, -0.05) is 18.2 Å². The third-order valence-corrected chi connectivity index (χ3v) is 4.23. The first-order valence-corrected chi connectivity index (χ1v) is 8.86. The highest BCUT2D eigenvalue weighted by atomic mass is 16.6. The maximum Gasteiger partial charge on any atom is 0.325 e. The van der Waals surface area contributed by atoms with E-state index in [0.717, 1.165) is 11.6 Å². The number of benzene rings is 2. The molecule has 3 amide bonds. The van der Waals surface area contributed by atoms with Gasteiger partial charge in [-0.2, -0.15) is 0 Å². The van der Waals surface area contributed by atoms with Crippen molar-refractivity contribution in [2.24, 2.45) is 0 Å². The minimum absolute atomic E-state index is 0.0721. The number of carbonyl (C=O) groups excluding carboxylic acids is 2. The third-order valence-electron chi connectivity index (χ3n) is 4.23. The van der Waals surface area contributed by atoms with Crippen LogP contribution in [0.3, 0.4) is 0 Å². The molecule has 0 atom stereocenters. The second-order valence-electron chi connectivity index (χ2n) is 6.38. The van der Waals surface area contributed by atoms with Gasteiger partial charge in [0.1, 0.15) is 0 Å². The molecule has 154 valence electrons. The van der Waals surface area contributed by atoms with Crippen molar-refractivity contribution in [1.29, 1.82) is 0 Å². The van der Waals surface area contributed by atoms with Gasteiger partial charge in [-0.15, -0.1) is 0 Å². The molecule has 1 aromatic heterocycles. The first-order chi connectivity index (χ1) is 14.3. The van der Waals surface area contributed by atoms with Crippen LogP contribution >= 0.6 is 0 Å². The highest BCUT2D eigenvalue weighted by Crippen LogP contribution is 2.16. The van der Waals surface area contributed by atoms with Crippen molar-refractivity contribution >= 4 is 34.2 Å². The number of carbonyl (C=O) groups is 2. The Morgan fingerprint density at radius 2 is 1.97 bits per heavy atom. The molecule has 0 spiro atoms. The molecule has 0 aliphatic rings. The smallest absolute Gasteiger partial charge is 0.307 e. The number of anilines is 1. The fraction of sp³-hybridized carbons (Fsp3) is 0.158. The molecule has 0 aliphatic heterocycles.